The first-order valence-corrected chi connectivity index (χ1v) is 11.9. The van der Waals surface area contributed by atoms with Crippen LogP contribution in [0, 0.1) is 12.3 Å². The van der Waals surface area contributed by atoms with Crippen molar-refractivity contribution < 1.29 is 4.79 Å². The summed E-state index contributed by atoms with van der Waals surface area (Å²) in [5.41, 5.74) is 4.35. The predicted octanol–water partition coefficient (Wildman–Crippen LogP) is 4.19. The molecule has 0 radical (unpaired) electrons. The summed E-state index contributed by atoms with van der Waals surface area (Å²) in [6.07, 6.45) is 8.55. The fourth-order valence-corrected chi connectivity index (χ4v) is 5.57. The van der Waals surface area contributed by atoms with Crippen LogP contribution >= 0.6 is 0 Å². The maximum atomic E-state index is 14.0. The monoisotopic (exact) mass is 443 g/mol. The van der Waals surface area contributed by atoms with Gasteiger partial charge in [-0.05, 0) is 50.5 Å². The Labute approximate surface area is 196 Å². The number of benzene rings is 1. The average Bonchev–Trinajstić information content (AvgIpc) is 3.49. The number of hydrogen-bond acceptors (Lipinski definition) is 4. The first kappa shape index (κ1) is 21.8. The molecule has 33 heavy (non-hydrogen) atoms. The third kappa shape index (κ3) is 4.20. The van der Waals surface area contributed by atoms with Gasteiger partial charge in [0.1, 0.15) is 0 Å². The fourth-order valence-electron chi connectivity index (χ4n) is 5.57. The molecule has 1 aromatic carbocycles. The van der Waals surface area contributed by atoms with Gasteiger partial charge in [0, 0.05) is 63.3 Å². The van der Waals surface area contributed by atoms with E-state index in [-0.39, 0.29) is 11.8 Å². The second-order valence-corrected chi connectivity index (χ2v) is 10.0. The summed E-state index contributed by atoms with van der Waals surface area (Å²) in [4.78, 5) is 27.4. The molecule has 0 N–H and O–H groups in total. The Kier molecular flexibility index (Phi) is 5.79. The van der Waals surface area contributed by atoms with Crippen molar-refractivity contribution in [1.29, 1.82) is 0 Å². The summed E-state index contributed by atoms with van der Waals surface area (Å²) in [7, 11) is 0. The van der Waals surface area contributed by atoms with E-state index in [0.717, 1.165) is 43.9 Å². The lowest BCUT2D eigenvalue weighted by molar-refractivity contribution is -0.136. The number of amides is 1. The van der Waals surface area contributed by atoms with Crippen molar-refractivity contribution in [2.24, 2.45) is 5.41 Å². The molecule has 2 atom stereocenters. The molecule has 6 nitrogen and oxygen atoms in total. The van der Waals surface area contributed by atoms with Gasteiger partial charge in [0.25, 0.3) is 0 Å². The van der Waals surface area contributed by atoms with Crippen molar-refractivity contribution in [3.05, 3.63) is 83.7 Å². The Morgan fingerprint density at radius 2 is 1.94 bits per heavy atom. The molecule has 0 bridgehead atoms. The summed E-state index contributed by atoms with van der Waals surface area (Å²) in [6, 6.07) is 13.0. The van der Waals surface area contributed by atoms with Crippen LogP contribution in [0.25, 0.3) is 0 Å². The predicted molar refractivity (Wildman–Crippen MR) is 129 cm³/mol. The number of aromatic nitrogens is 3. The number of carbonyl (C=O) groups excluding carboxylic acids is 1. The van der Waals surface area contributed by atoms with Crippen molar-refractivity contribution in [2.75, 3.05) is 19.6 Å². The molecule has 0 unspecified atom stereocenters. The molecule has 5 rings (SSSR count). The Bertz CT molecular complexity index is 1120. The van der Waals surface area contributed by atoms with Gasteiger partial charge in [-0.15, -0.1) is 0 Å². The zero-order valence-corrected chi connectivity index (χ0v) is 19.8. The van der Waals surface area contributed by atoms with Crippen LogP contribution in [0.3, 0.4) is 0 Å². The van der Waals surface area contributed by atoms with Gasteiger partial charge in [0.05, 0.1) is 17.4 Å². The van der Waals surface area contributed by atoms with Crippen molar-refractivity contribution in [3.8, 4) is 0 Å². The Morgan fingerprint density at radius 1 is 1.12 bits per heavy atom. The highest BCUT2D eigenvalue weighted by atomic mass is 16.2. The lowest BCUT2D eigenvalue weighted by Crippen LogP contribution is -2.39. The van der Waals surface area contributed by atoms with Crippen molar-refractivity contribution >= 4 is 5.91 Å². The van der Waals surface area contributed by atoms with E-state index in [1.165, 1.54) is 11.1 Å². The van der Waals surface area contributed by atoms with Gasteiger partial charge in [-0.1, -0.05) is 29.8 Å². The number of likely N-dealkylation sites (tertiary alicyclic amines) is 2. The van der Waals surface area contributed by atoms with Crippen molar-refractivity contribution in [2.45, 2.75) is 52.2 Å². The molecule has 2 aliphatic heterocycles. The van der Waals surface area contributed by atoms with Gasteiger partial charge < -0.3 is 9.47 Å². The summed E-state index contributed by atoms with van der Waals surface area (Å²) >= 11 is 0. The lowest BCUT2D eigenvalue weighted by Gasteiger charge is -2.28. The molecule has 6 heteroatoms. The van der Waals surface area contributed by atoms with Gasteiger partial charge >= 0.3 is 0 Å². The minimum Gasteiger partial charge on any atom is -0.338 e. The summed E-state index contributed by atoms with van der Waals surface area (Å²) in [6.45, 7) is 10.4. The molecule has 2 saturated heterocycles. The molecule has 3 aromatic rings. The van der Waals surface area contributed by atoms with E-state index >= 15 is 0 Å². The standard InChI is InChI=1S/C27H33N5O/c1-20(2)32-17-25(29-19-32)24-16-30(14-23-6-4-5-21(3)13-23)18-27(24)9-12-31(26(27)33)15-22-7-10-28-11-8-22/h4-8,10-11,13,17,19-20,24H,9,12,14-16,18H2,1-3H3/t24-,27-/m1/s1. The smallest absolute Gasteiger partial charge is 0.231 e. The Hall–Kier alpha value is -2.99. The van der Waals surface area contributed by atoms with E-state index in [1.54, 1.807) is 12.4 Å². The van der Waals surface area contributed by atoms with Crippen LogP contribution in [0.15, 0.2) is 61.3 Å². The summed E-state index contributed by atoms with van der Waals surface area (Å²) < 4.78 is 2.15. The van der Waals surface area contributed by atoms with Gasteiger partial charge in [-0.2, -0.15) is 0 Å². The minimum atomic E-state index is -0.410. The third-order valence-corrected chi connectivity index (χ3v) is 7.34. The number of pyridine rings is 1. The number of nitrogens with zero attached hydrogens (tertiary/aromatic N) is 5. The van der Waals surface area contributed by atoms with E-state index < -0.39 is 5.41 Å². The van der Waals surface area contributed by atoms with Crippen LogP contribution in [-0.2, 0) is 17.9 Å². The van der Waals surface area contributed by atoms with E-state index in [1.807, 2.05) is 23.4 Å². The maximum absolute atomic E-state index is 14.0. The highest BCUT2D eigenvalue weighted by molar-refractivity contribution is 5.86. The van der Waals surface area contributed by atoms with E-state index in [4.69, 9.17) is 4.98 Å². The number of hydrogen-bond donors (Lipinski definition) is 0. The first-order valence-electron chi connectivity index (χ1n) is 11.9. The molecule has 172 valence electrons. The van der Waals surface area contributed by atoms with Crippen LogP contribution in [0.4, 0.5) is 0 Å². The van der Waals surface area contributed by atoms with Gasteiger partial charge in [-0.3, -0.25) is 14.7 Å². The Balaban J connectivity index is 1.43. The van der Waals surface area contributed by atoms with Crippen molar-refractivity contribution in [1.82, 2.24) is 24.3 Å². The molecule has 2 aliphatic rings. The normalized spacial score (nSPS) is 23.3. The lowest BCUT2D eigenvalue weighted by atomic mass is 9.75. The number of rotatable bonds is 6. The number of carbonyl (C=O) groups is 1. The van der Waals surface area contributed by atoms with E-state index in [2.05, 4.69) is 65.7 Å². The number of aryl methyl sites for hydroxylation is 1. The number of imidazole rings is 1. The molecule has 1 amide bonds. The molecule has 0 aliphatic carbocycles. The van der Waals surface area contributed by atoms with E-state index in [0.29, 0.717) is 12.6 Å². The molecular weight excluding hydrogens is 410 g/mol. The van der Waals surface area contributed by atoms with Gasteiger partial charge in [0.15, 0.2) is 0 Å². The molecule has 2 aromatic heterocycles. The molecule has 2 fully saturated rings. The topological polar surface area (TPSA) is 54.3 Å². The quantitative estimate of drug-likeness (QED) is 0.573. The third-order valence-electron chi connectivity index (χ3n) is 7.34. The maximum Gasteiger partial charge on any atom is 0.231 e. The molecule has 1 spiro atoms. The van der Waals surface area contributed by atoms with Crippen LogP contribution in [0.2, 0.25) is 0 Å². The van der Waals surface area contributed by atoms with Crippen LogP contribution in [0.5, 0.6) is 0 Å². The second-order valence-electron chi connectivity index (χ2n) is 10.0. The fraction of sp³-hybridized carbons (Fsp3) is 0.444. The highest BCUT2D eigenvalue weighted by Gasteiger charge is 2.57. The van der Waals surface area contributed by atoms with Crippen molar-refractivity contribution in [3.63, 3.8) is 0 Å². The molecular formula is C27H33N5O. The first-order chi connectivity index (χ1) is 15.9. The zero-order valence-electron chi connectivity index (χ0n) is 19.8. The SMILES string of the molecule is Cc1cccc(CN2C[C@H](c3cn(C(C)C)cn3)[C@@]3(CCN(Cc4ccncc4)C3=O)C2)c1. The highest BCUT2D eigenvalue weighted by Crippen LogP contribution is 2.50. The minimum absolute atomic E-state index is 0.109. The van der Waals surface area contributed by atoms with Gasteiger partial charge in [0.2, 0.25) is 5.91 Å². The Morgan fingerprint density at radius 3 is 2.67 bits per heavy atom. The molecule has 4 heterocycles. The van der Waals surface area contributed by atoms with Gasteiger partial charge in [-0.25, -0.2) is 4.98 Å². The second kappa shape index (κ2) is 8.75. The summed E-state index contributed by atoms with van der Waals surface area (Å²) in [5, 5.41) is 0. The summed E-state index contributed by atoms with van der Waals surface area (Å²) in [5.74, 6) is 0.382. The van der Waals surface area contributed by atoms with Crippen LogP contribution < -0.4 is 0 Å². The zero-order chi connectivity index (χ0) is 23.0. The average molecular weight is 444 g/mol. The largest absolute Gasteiger partial charge is 0.338 e. The molecule has 0 saturated carbocycles. The van der Waals surface area contributed by atoms with Crippen LogP contribution in [0.1, 0.15) is 54.6 Å². The van der Waals surface area contributed by atoms with Crippen LogP contribution in [-0.4, -0.2) is 49.9 Å². The van der Waals surface area contributed by atoms with E-state index in [9.17, 15) is 4.79 Å².